The van der Waals surface area contributed by atoms with E-state index in [1.54, 1.807) is 18.2 Å². The van der Waals surface area contributed by atoms with Crippen molar-refractivity contribution >= 4 is 11.6 Å². The van der Waals surface area contributed by atoms with Crippen molar-refractivity contribution in [2.75, 3.05) is 25.0 Å². The van der Waals surface area contributed by atoms with Crippen LogP contribution in [0.25, 0.3) is 11.3 Å². The molecule has 5 nitrogen and oxygen atoms in total. The van der Waals surface area contributed by atoms with Gasteiger partial charge in [-0.05, 0) is 48.9 Å². The number of aromatic nitrogens is 2. The van der Waals surface area contributed by atoms with E-state index in [-0.39, 0.29) is 11.7 Å². The molecule has 1 aromatic heterocycles. The number of rotatable bonds is 7. The van der Waals surface area contributed by atoms with Crippen LogP contribution in [0.5, 0.6) is 0 Å². The predicted molar refractivity (Wildman–Crippen MR) is 101 cm³/mol. The number of benzene rings is 2. The highest BCUT2D eigenvalue weighted by Gasteiger charge is 2.11. The monoisotopic (exact) mass is 352 g/mol. The lowest BCUT2D eigenvalue weighted by molar-refractivity contribution is 0.0948. The van der Waals surface area contributed by atoms with Crippen LogP contribution < -0.4 is 10.2 Å². The number of H-pyrrole nitrogens is 1. The van der Waals surface area contributed by atoms with E-state index in [1.807, 2.05) is 25.2 Å². The Kier molecular flexibility index (Phi) is 5.63. The molecule has 2 aromatic carbocycles. The molecule has 0 unspecified atom stereocenters. The maximum Gasteiger partial charge on any atom is 0.269 e. The molecule has 0 spiro atoms. The molecule has 0 aliphatic heterocycles. The highest BCUT2D eigenvalue weighted by atomic mass is 19.1. The van der Waals surface area contributed by atoms with Crippen LogP contribution in [-0.4, -0.2) is 36.2 Å². The number of anilines is 1. The van der Waals surface area contributed by atoms with Gasteiger partial charge in [0, 0.05) is 31.4 Å². The molecule has 0 saturated carbocycles. The Hall–Kier alpha value is -3.15. The van der Waals surface area contributed by atoms with Crippen molar-refractivity contribution in [2.45, 2.75) is 6.42 Å². The van der Waals surface area contributed by atoms with Gasteiger partial charge in [0.1, 0.15) is 11.5 Å². The summed E-state index contributed by atoms with van der Waals surface area (Å²) in [5.74, 6) is -0.504. The van der Waals surface area contributed by atoms with Crippen molar-refractivity contribution < 1.29 is 9.18 Å². The number of aromatic amines is 1. The van der Waals surface area contributed by atoms with E-state index in [2.05, 4.69) is 32.5 Å². The molecule has 0 aliphatic carbocycles. The largest absolute Gasteiger partial charge is 0.375 e. The van der Waals surface area contributed by atoms with Crippen molar-refractivity contribution in [3.8, 4) is 11.3 Å². The van der Waals surface area contributed by atoms with Crippen LogP contribution in [0.3, 0.4) is 0 Å². The number of hydrogen-bond acceptors (Lipinski definition) is 3. The first-order chi connectivity index (χ1) is 12.6. The fraction of sp³-hybridized carbons (Fsp3) is 0.200. The normalized spacial score (nSPS) is 10.5. The SMILES string of the molecule is CN(CCCNC(=O)c1cc(-c2ccc(F)cc2)n[nH]1)c1ccccc1. The summed E-state index contributed by atoms with van der Waals surface area (Å²) in [6.07, 6.45) is 0.829. The molecule has 0 atom stereocenters. The minimum atomic E-state index is -0.303. The van der Waals surface area contributed by atoms with Gasteiger partial charge in [-0.3, -0.25) is 9.89 Å². The third-order valence-corrected chi connectivity index (χ3v) is 4.12. The zero-order valence-electron chi connectivity index (χ0n) is 14.6. The number of amides is 1. The molecule has 0 radical (unpaired) electrons. The Bertz CT molecular complexity index is 846. The smallest absolute Gasteiger partial charge is 0.269 e. The molecular formula is C20H21FN4O. The van der Waals surface area contributed by atoms with Crippen LogP contribution in [0.1, 0.15) is 16.9 Å². The maximum absolute atomic E-state index is 13.0. The van der Waals surface area contributed by atoms with E-state index in [9.17, 15) is 9.18 Å². The minimum absolute atomic E-state index is 0.201. The third kappa shape index (κ3) is 4.47. The van der Waals surface area contributed by atoms with Gasteiger partial charge in [0.2, 0.25) is 0 Å². The molecule has 1 amide bonds. The van der Waals surface area contributed by atoms with Gasteiger partial charge in [-0.1, -0.05) is 18.2 Å². The second kappa shape index (κ2) is 8.29. The lowest BCUT2D eigenvalue weighted by Gasteiger charge is -2.19. The zero-order valence-corrected chi connectivity index (χ0v) is 14.6. The zero-order chi connectivity index (χ0) is 18.4. The van der Waals surface area contributed by atoms with E-state index >= 15 is 0 Å². The van der Waals surface area contributed by atoms with Crippen molar-refractivity contribution in [3.63, 3.8) is 0 Å². The van der Waals surface area contributed by atoms with Gasteiger partial charge in [0.15, 0.2) is 0 Å². The Morgan fingerprint density at radius 2 is 1.88 bits per heavy atom. The van der Waals surface area contributed by atoms with Crippen molar-refractivity contribution in [3.05, 3.63) is 72.2 Å². The summed E-state index contributed by atoms with van der Waals surface area (Å²) in [5, 5.41) is 9.73. The molecule has 134 valence electrons. The first-order valence-corrected chi connectivity index (χ1v) is 8.49. The third-order valence-electron chi connectivity index (χ3n) is 4.12. The standard InChI is InChI=1S/C20H21FN4O/c1-25(17-6-3-2-4-7-17)13-5-12-22-20(26)19-14-18(23-24-19)15-8-10-16(21)11-9-15/h2-4,6-11,14H,5,12-13H2,1H3,(H,22,26)(H,23,24). The fourth-order valence-electron chi connectivity index (χ4n) is 2.63. The molecule has 26 heavy (non-hydrogen) atoms. The number of halogens is 1. The topological polar surface area (TPSA) is 61.0 Å². The summed E-state index contributed by atoms with van der Waals surface area (Å²) in [6, 6.07) is 17.8. The highest BCUT2D eigenvalue weighted by Crippen LogP contribution is 2.18. The Morgan fingerprint density at radius 3 is 2.62 bits per heavy atom. The van der Waals surface area contributed by atoms with Gasteiger partial charge in [-0.2, -0.15) is 5.10 Å². The average Bonchev–Trinajstić information content (AvgIpc) is 3.16. The van der Waals surface area contributed by atoms with E-state index in [0.717, 1.165) is 24.2 Å². The molecule has 0 bridgehead atoms. The second-order valence-corrected chi connectivity index (χ2v) is 6.04. The van der Waals surface area contributed by atoms with Crippen LogP contribution in [0.4, 0.5) is 10.1 Å². The van der Waals surface area contributed by atoms with Crippen molar-refractivity contribution in [2.24, 2.45) is 0 Å². The van der Waals surface area contributed by atoms with E-state index in [4.69, 9.17) is 0 Å². The summed E-state index contributed by atoms with van der Waals surface area (Å²) >= 11 is 0. The van der Waals surface area contributed by atoms with E-state index in [1.165, 1.54) is 12.1 Å². The average molecular weight is 352 g/mol. The van der Waals surface area contributed by atoms with Crippen LogP contribution in [0, 0.1) is 5.82 Å². The molecule has 3 rings (SSSR count). The predicted octanol–water partition coefficient (Wildman–Crippen LogP) is 3.47. The van der Waals surface area contributed by atoms with Crippen LogP contribution in [0.15, 0.2) is 60.7 Å². The summed E-state index contributed by atoms with van der Waals surface area (Å²) in [5.41, 5.74) is 2.90. The molecule has 3 aromatic rings. The summed E-state index contributed by atoms with van der Waals surface area (Å²) in [4.78, 5) is 14.3. The first kappa shape index (κ1) is 17.7. The molecule has 0 aliphatic rings. The van der Waals surface area contributed by atoms with E-state index < -0.39 is 0 Å². The van der Waals surface area contributed by atoms with Gasteiger partial charge in [0.05, 0.1) is 5.69 Å². The quantitative estimate of drug-likeness (QED) is 0.640. The van der Waals surface area contributed by atoms with Gasteiger partial charge in [-0.15, -0.1) is 0 Å². The maximum atomic E-state index is 13.0. The highest BCUT2D eigenvalue weighted by molar-refractivity contribution is 5.93. The molecule has 6 heteroatoms. The number of carbonyl (C=O) groups is 1. The summed E-state index contributed by atoms with van der Waals surface area (Å²) in [6.45, 7) is 1.41. The fourth-order valence-corrected chi connectivity index (χ4v) is 2.63. The van der Waals surface area contributed by atoms with Crippen molar-refractivity contribution in [1.82, 2.24) is 15.5 Å². The molecular weight excluding hydrogens is 331 g/mol. The van der Waals surface area contributed by atoms with E-state index in [0.29, 0.717) is 17.9 Å². The van der Waals surface area contributed by atoms with Crippen LogP contribution in [0.2, 0.25) is 0 Å². The molecule has 1 heterocycles. The van der Waals surface area contributed by atoms with Gasteiger partial charge in [0.25, 0.3) is 5.91 Å². The number of carbonyl (C=O) groups excluding carboxylic acids is 1. The Morgan fingerprint density at radius 1 is 1.15 bits per heavy atom. The van der Waals surface area contributed by atoms with Gasteiger partial charge < -0.3 is 10.2 Å². The molecule has 0 fully saturated rings. The Labute approximate surface area is 151 Å². The van der Waals surface area contributed by atoms with Gasteiger partial charge in [-0.25, -0.2) is 4.39 Å². The van der Waals surface area contributed by atoms with Gasteiger partial charge >= 0.3 is 0 Å². The second-order valence-electron chi connectivity index (χ2n) is 6.04. The number of hydrogen-bond donors (Lipinski definition) is 2. The summed E-state index contributed by atoms with van der Waals surface area (Å²) < 4.78 is 13.0. The Balaban J connectivity index is 1.47. The molecule has 0 saturated heterocycles. The number of para-hydroxylation sites is 1. The number of nitrogens with zero attached hydrogens (tertiary/aromatic N) is 2. The minimum Gasteiger partial charge on any atom is -0.375 e. The number of nitrogens with one attached hydrogen (secondary N) is 2. The summed E-state index contributed by atoms with van der Waals surface area (Å²) in [7, 11) is 2.03. The molecule has 2 N–H and O–H groups in total. The van der Waals surface area contributed by atoms with Crippen LogP contribution in [-0.2, 0) is 0 Å². The van der Waals surface area contributed by atoms with Crippen LogP contribution >= 0.6 is 0 Å². The lowest BCUT2D eigenvalue weighted by atomic mass is 10.1. The van der Waals surface area contributed by atoms with Crippen molar-refractivity contribution in [1.29, 1.82) is 0 Å². The first-order valence-electron chi connectivity index (χ1n) is 8.49. The lowest BCUT2D eigenvalue weighted by Crippen LogP contribution is -2.28.